The van der Waals surface area contributed by atoms with Crippen LogP contribution in [0, 0.1) is 13.8 Å². The van der Waals surface area contributed by atoms with Gasteiger partial charge in [0.2, 0.25) is 10.0 Å². The van der Waals surface area contributed by atoms with Crippen molar-refractivity contribution < 1.29 is 22.7 Å². The van der Waals surface area contributed by atoms with E-state index in [9.17, 15) is 18.0 Å². The van der Waals surface area contributed by atoms with Crippen molar-refractivity contribution in [2.75, 3.05) is 18.5 Å². The first-order chi connectivity index (χ1) is 16.7. The highest BCUT2D eigenvalue weighted by molar-refractivity contribution is 7.89. The number of amides is 1. The molecule has 1 unspecified atom stereocenters. The molecule has 1 atom stereocenters. The van der Waals surface area contributed by atoms with Crippen LogP contribution in [0.4, 0.5) is 5.69 Å². The van der Waals surface area contributed by atoms with E-state index in [4.69, 9.17) is 4.74 Å². The zero-order chi connectivity index (χ0) is 25.2. The van der Waals surface area contributed by atoms with Crippen molar-refractivity contribution in [3.63, 3.8) is 0 Å². The van der Waals surface area contributed by atoms with Crippen molar-refractivity contribution >= 4 is 27.6 Å². The first-order valence-corrected chi connectivity index (χ1v) is 12.9. The molecule has 35 heavy (non-hydrogen) atoms. The van der Waals surface area contributed by atoms with Gasteiger partial charge in [0.25, 0.3) is 5.91 Å². The smallest absolute Gasteiger partial charge is 0.329 e. The Kier molecular flexibility index (Phi) is 7.05. The normalized spacial score (nSPS) is 16.1. The molecular weight excluding hydrogens is 464 g/mol. The lowest BCUT2D eigenvalue weighted by atomic mass is 10.1. The van der Waals surface area contributed by atoms with Crippen molar-refractivity contribution in [2.45, 2.75) is 37.6 Å². The molecule has 1 aliphatic rings. The van der Waals surface area contributed by atoms with Crippen LogP contribution in [-0.2, 0) is 14.8 Å². The molecular formula is C27H28N2O5S. The van der Waals surface area contributed by atoms with Gasteiger partial charge < -0.3 is 9.64 Å². The molecule has 3 aromatic rings. The number of sulfonamides is 1. The molecule has 3 aromatic carbocycles. The number of carbonyl (C=O) groups is 2. The SMILES string of the molecule is Cc1ccc(C(=O)N(C)c2ccc(OC(=O)C3CCCN3S(=O)(=O)c3ccc(C)cc3)cc2)cc1. The van der Waals surface area contributed by atoms with E-state index in [1.54, 1.807) is 67.7 Å². The van der Waals surface area contributed by atoms with E-state index in [-0.39, 0.29) is 23.1 Å². The number of esters is 1. The van der Waals surface area contributed by atoms with Gasteiger partial charge in [-0.2, -0.15) is 4.31 Å². The Hall–Kier alpha value is -3.49. The van der Waals surface area contributed by atoms with Crippen LogP contribution in [0.25, 0.3) is 0 Å². The minimum Gasteiger partial charge on any atom is -0.425 e. The highest BCUT2D eigenvalue weighted by atomic mass is 32.2. The summed E-state index contributed by atoms with van der Waals surface area (Å²) in [4.78, 5) is 27.3. The Morgan fingerprint density at radius 3 is 2.06 bits per heavy atom. The Morgan fingerprint density at radius 2 is 1.46 bits per heavy atom. The maximum atomic E-state index is 13.1. The van der Waals surface area contributed by atoms with Crippen molar-refractivity contribution in [3.05, 3.63) is 89.5 Å². The number of anilines is 1. The van der Waals surface area contributed by atoms with Crippen LogP contribution >= 0.6 is 0 Å². The summed E-state index contributed by atoms with van der Waals surface area (Å²) in [6.07, 6.45) is 0.978. The number of carbonyl (C=O) groups excluding carboxylic acids is 2. The van der Waals surface area contributed by atoms with E-state index < -0.39 is 22.0 Å². The highest BCUT2D eigenvalue weighted by Gasteiger charge is 2.40. The predicted molar refractivity (Wildman–Crippen MR) is 134 cm³/mol. The second-order valence-electron chi connectivity index (χ2n) is 8.73. The molecule has 1 aliphatic heterocycles. The molecule has 7 nitrogen and oxygen atoms in total. The van der Waals surface area contributed by atoms with E-state index in [1.807, 2.05) is 26.0 Å². The molecule has 0 bridgehead atoms. The van der Waals surface area contributed by atoms with Crippen LogP contribution in [0.15, 0.2) is 77.7 Å². The number of ether oxygens (including phenoxy) is 1. The maximum absolute atomic E-state index is 13.1. The monoisotopic (exact) mass is 492 g/mol. The molecule has 0 radical (unpaired) electrons. The minimum absolute atomic E-state index is 0.155. The van der Waals surface area contributed by atoms with Gasteiger partial charge >= 0.3 is 5.97 Å². The summed E-state index contributed by atoms with van der Waals surface area (Å²) in [5.74, 6) is -0.484. The fourth-order valence-corrected chi connectivity index (χ4v) is 5.68. The van der Waals surface area contributed by atoms with Gasteiger partial charge in [0.15, 0.2) is 0 Å². The van der Waals surface area contributed by atoms with E-state index in [0.29, 0.717) is 24.1 Å². The van der Waals surface area contributed by atoms with Crippen LogP contribution in [0.2, 0.25) is 0 Å². The Balaban J connectivity index is 1.44. The summed E-state index contributed by atoms with van der Waals surface area (Å²) < 4.78 is 33.0. The number of benzene rings is 3. The fourth-order valence-electron chi connectivity index (χ4n) is 4.04. The fraction of sp³-hybridized carbons (Fsp3) is 0.259. The summed E-state index contributed by atoms with van der Waals surface area (Å²) in [7, 11) is -2.13. The summed E-state index contributed by atoms with van der Waals surface area (Å²) in [6, 6.07) is 19.6. The Morgan fingerprint density at radius 1 is 0.886 bits per heavy atom. The highest BCUT2D eigenvalue weighted by Crippen LogP contribution is 2.28. The minimum atomic E-state index is -3.81. The third-order valence-electron chi connectivity index (χ3n) is 6.15. The molecule has 182 valence electrons. The molecule has 0 aromatic heterocycles. The van der Waals surface area contributed by atoms with Gasteiger partial charge in [-0.15, -0.1) is 0 Å². The molecule has 0 aliphatic carbocycles. The Labute approximate surface area is 206 Å². The summed E-state index contributed by atoms with van der Waals surface area (Å²) in [6.45, 7) is 4.11. The summed E-state index contributed by atoms with van der Waals surface area (Å²) in [5, 5.41) is 0. The lowest BCUT2D eigenvalue weighted by molar-refractivity contribution is -0.137. The van der Waals surface area contributed by atoms with E-state index in [0.717, 1.165) is 11.1 Å². The number of aryl methyl sites for hydroxylation is 2. The second-order valence-corrected chi connectivity index (χ2v) is 10.6. The molecule has 0 spiro atoms. The molecule has 0 N–H and O–H groups in total. The van der Waals surface area contributed by atoms with Gasteiger partial charge in [0, 0.05) is 24.8 Å². The summed E-state index contributed by atoms with van der Waals surface area (Å²) in [5.41, 5.74) is 3.24. The van der Waals surface area contributed by atoms with E-state index in [1.165, 1.54) is 9.21 Å². The van der Waals surface area contributed by atoms with E-state index in [2.05, 4.69) is 0 Å². The third-order valence-corrected chi connectivity index (χ3v) is 8.07. The molecule has 8 heteroatoms. The van der Waals surface area contributed by atoms with Gasteiger partial charge in [0.05, 0.1) is 4.90 Å². The predicted octanol–water partition coefficient (Wildman–Crippen LogP) is 4.34. The molecule has 1 heterocycles. The number of hydrogen-bond acceptors (Lipinski definition) is 5. The van der Waals surface area contributed by atoms with Crippen LogP contribution in [0.3, 0.4) is 0 Å². The van der Waals surface area contributed by atoms with Gasteiger partial charge in [0.1, 0.15) is 11.8 Å². The van der Waals surface area contributed by atoms with Gasteiger partial charge in [-0.1, -0.05) is 35.4 Å². The largest absolute Gasteiger partial charge is 0.425 e. The van der Waals surface area contributed by atoms with Crippen LogP contribution in [-0.4, -0.2) is 44.2 Å². The number of nitrogens with zero attached hydrogens (tertiary/aromatic N) is 2. The van der Waals surface area contributed by atoms with Crippen molar-refractivity contribution in [1.29, 1.82) is 0 Å². The summed E-state index contributed by atoms with van der Waals surface area (Å²) >= 11 is 0. The first kappa shape index (κ1) is 24.6. The van der Waals surface area contributed by atoms with Crippen LogP contribution in [0.5, 0.6) is 5.75 Å². The number of rotatable bonds is 6. The third kappa shape index (κ3) is 5.28. The van der Waals surface area contributed by atoms with Crippen molar-refractivity contribution in [3.8, 4) is 5.75 Å². The second kappa shape index (κ2) is 10.0. The van der Waals surface area contributed by atoms with E-state index >= 15 is 0 Å². The van der Waals surface area contributed by atoms with Crippen molar-refractivity contribution in [2.24, 2.45) is 0 Å². The molecule has 0 saturated carbocycles. The van der Waals surface area contributed by atoms with Crippen LogP contribution in [0.1, 0.15) is 34.3 Å². The molecule has 1 amide bonds. The quantitative estimate of drug-likeness (QED) is 0.378. The molecule has 4 rings (SSSR count). The zero-order valence-corrected chi connectivity index (χ0v) is 20.8. The van der Waals surface area contributed by atoms with Gasteiger partial charge in [-0.05, 0) is 75.2 Å². The molecule has 1 saturated heterocycles. The average molecular weight is 493 g/mol. The standard InChI is InChI=1S/C27H28N2O5S/c1-19-6-10-21(11-7-19)26(30)28(3)22-12-14-23(15-13-22)34-27(31)25-5-4-18-29(25)35(32,33)24-16-8-20(2)9-17-24/h6-17,25H,4-5,18H2,1-3H3. The Bertz CT molecular complexity index is 1320. The van der Waals surface area contributed by atoms with Gasteiger partial charge in [-0.3, -0.25) is 4.79 Å². The maximum Gasteiger partial charge on any atom is 0.329 e. The lowest BCUT2D eigenvalue weighted by Gasteiger charge is -2.23. The molecule has 1 fully saturated rings. The first-order valence-electron chi connectivity index (χ1n) is 11.4. The zero-order valence-electron chi connectivity index (χ0n) is 20.0. The topological polar surface area (TPSA) is 84.0 Å². The van der Waals surface area contributed by atoms with Crippen molar-refractivity contribution in [1.82, 2.24) is 4.31 Å². The lowest BCUT2D eigenvalue weighted by Crippen LogP contribution is -2.42. The van der Waals surface area contributed by atoms with Gasteiger partial charge in [-0.25, -0.2) is 13.2 Å². The number of hydrogen-bond donors (Lipinski definition) is 0. The average Bonchev–Trinajstić information content (AvgIpc) is 3.36. The van der Waals surface area contributed by atoms with Crippen LogP contribution < -0.4 is 9.64 Å².